The Morgan fingerprint density at radius 1 is 1.13 bits per heavy atom. The van der Waals surface area contributed by atoms with Crippen molar-refractivity contribution in [2.24, 2.45) is 0 Å². The van der Waals surface area contributed by atoms with E-state index >= 15 is 0 Å². The quantitative estimate of drug-likeness (QED) is 0.314. The Bertz CT molecular complexity index is 1230. The van der Waals surface area contributed by atoms with Crippen LogP contribution in [-0.4, -0.2) is 32.2 Å². The summed E-state index contributed by atoms with van der Waals surface area (Å²) in [6, 6.07) is 15.8. The van der Waals surface area contributed by atoms with Crippen molar-refractivity contribution < 1.29 is 13.9 Å². The molecule has 0 aliphatic rings. The molecule has 0 saturated carbocycles. The minimum absolute atomic E-state index is 0.00567. The highest BCUT2D eigenvalue weighted by Gasteiger charge is 2.20. The van der Waals surface area contributed by atoms with Crippen molar-refractivity contribution in [1.29, 1.82) is 0 Å². The standard InChI is InChI=1S/C23H22N4O3S/c1-14-8-10-17(11-9-14)22-24-20(16(3)30-22)13-29-23(28)21-15(2)27(26-25-21)18-6-5-7-19(12-18)31-4/h5-12H,13H2,1-4H3. The predicted octanol–water partition coefficient (Wildman–Crippen LogP) is 4.93. The van der Waals surface area contributed by atoms with E-state index in [0.717, 1.165) is 21.7 Å². The zero-order chi connectivity index (χ0) is 22.0. The molecule has 0 bridgehead atoms. The van der Waals surface area contributed by atoms with E-state index in [4.69, 9.17) is 9.15 Å². The molecular weight excluding hydrogens is 412 g/mol. The molecule has 4 aromatic rings. The van der Waals surface area contributed by atoms with E-state index in [1.807, 2.05) is 61.7 Å². The van der Waals surface area contributed by atoms with Crippen LogP contribution in [-0.2, 0) is 11.3 Å². The van der Waals surface area contributed by atoms with Crippen LogP contribution < -0.4 is 0 Å². The monoisotopic (exact) mass is 434 g/mol. The fourth-order valence-electron chi connectivity index (χ4n) is 3.09. The van der Waals surface area contributed by atoms with E-state index in [1.54, 1.807) is 30.3 Å². The van der Waals surface area contributed by atoms with Crippen molar-refractivity contribution in [3.63, 3.8) is 0 Å². The number of ether oxygens (including phenoxy) is 1. The summed E-state index contributed by atoms with van der Waals surface area (Å²) in [5, 5.41) is 8.16. The molecule has 0 aliphatic carbocycles. The molecule has 4 rings (SSSR count). The summed E-state index contributed by atoms with van der Waals surface area (Å²) in [5.41, 5.74) is 4.23. The predicted molar refractivity (Wildman–Crippen MR) is 118 cm³/mol. The Hall–Kier alpha value is -3.39. The van der Waals surface area contributed by atoms with Gasteiger partial charge in [-0.15, -0.1) is 16.9 Å². The second-order valence-electron chi connectivity index (χ2n) is 7.10. The number of hydrogen-bond donors (Lipinski definition) is 0. The minimum Gasteiger partial charge on any atom is -0.454 e. The van der Waals surface area contributed by atoms with Gasteiger partial charge < -0.3 is 9.15 Å². The molecule has 0 radical (unpaired) electrons. The lowest BCUT2D eigenvalue weighted by atomic mass is 10.1. The summed E-state index contributed by atoms with van der Waals surface area (Å²) in [7, 11) is 0. The van der Waals surface area contributed by atoms with Crippen molar-refractivity contribution in [3.05, 3.63) is 76.9 Å². The van der Waals surface area contributed by atoms with Gasteiger partial charge in [0, 0.05) is 10.5 Å². The largest absolute Gasteiger partial charge is 0.454 e. The van der Waals surface area contributed by atoms with E-state index in [-0.39, 0.29) is 12.3 Å². The van der Waals surface area contributed by atoms with Crippen LogP contribution in [0.3, 0.4) is 0 Å². The number of aromatic nitrogens is 4. The molecule has 158 valence electrons. The smallest absolute Gasteiger partial charge is 0.361 e. The molecular formula is C23H22N4O3S. The van der Waals surface area contributed by atoms with E-state index in [0.29, 0.717) is 23.0 Å². The molecule has 2 aromatic carbocycles. The molecule has 2 aromatic heterocycles. The minimum atomic E-state index is -0.552. The fraction of sp³-hybridized carbons (Fsp3) is 0.217. The average molecular weight is 435 g/mol. The number of carbonyl (C=O) groups is 1. The Morgan fingerprint density at radius 3 is 2.65 bits per heavy atom. The van der Waals surface area contributed by atoms with Crippen LogP contribution in [0, 0.1) is 20.8 Å². The van der Waals surface area contributed by atoms with Crippen molar-refractivity contribution >= 4 is 17.7 Å². The van der Waals surface area contributed by atoms with Gasteiger partial charge in [-0.2, -0.15) is 0 Å². The van der Waals surface area contributed by atoms with Gasteiger partial charge >= 0.3 is 5.97 Å². The number of hydrogen-bond acceptors (Lipinski definition) is 7. The Morgan fingerprint density at radius 2 is 1.90 bits per heavy atom. The Balaban J connectivity index is 1.48. The first-order valence-corrected chi connectivity index (χ1v) is 11.0. The van der Waals surface area contributed by atoms with Gasteiger partial charge in [-0.3, -0.25) is 0 Å². The van der Waals surface area contributed by atoms with Gasteiger partial charge in [0.1, 0.15) is 18.1 Å². The summed E-state index contributed by atoms with van der Waals surface area (Å²) in [4.78, 5) is 18.2. The van der Waals surface area contributed by atoms with Crippen molar-refractivity contribution in [2.45, 2.75) is 32.3 Å². The highest BCUT2D eigenvalue weighted by molar-refractivity contribution is 7.98. The lowest BCUT2D eigenvalue weighted by molar-refractivity contribution is 0.0459. The van der Waals surface area contributed by atoms with E-state index in [1.165, 1.54) is 0 Å². The zero-order valence-corrected chi connectivity index (χ0v) is 18.6. The number of rotatable bonds is 6. The maximum absolute atomic E-state index is 12.6. The lowest BCUT2D eigenvalue weighted by Gasteiger charge is -2.05. The normalized spacial score (nSPS) is 11.0. The van der Waals surface area contributed by atoms with Crippen LogP contribution in [0.25, 0.3) is 17.1 Å². The molecule has 7 nitrogen and oxygen atoms in total. The highest BCUT2D eigenvalue weighted by Crippen LogP contribution is 2.23. The molecule has 0 unspecified atom stereocenters. The van der Waals surface area contributed by atoms with Gasteiger partial charge in [0.15, 0.2) is 5.69 Å². The van der Waals surface area contributed by atoms with Crippen molar-refractivity contribution in [3.8, 4) is 17.1 Å². The molecule has 2 heterocycles. The maximum Gasteiger partial charge on any atom is 0.361 e. The van der Waals surface area contributed by atoms with Gasteiger partial charge in [0.25, 0.3) is 0 Å². The molecule has 0 fully saturated rings. The first-order valence-electron chi connectivity index (χ1n) is 9.73. The Labute approximate surface area is 184 Å². The number of nitrogens with zero attached hydrogens (tertiary/aromatic N) is 4. The number of benzene rings is 2. The molecule has 0 saturated heterocycles. The van der Waals surface area contributed by atoms with Gasteiger partial charge in [-0.25, -0.2) is 14.5 Å². The van der Waals surface area contributed by atoms with Crippen LogP contribution in [0.4, 0.5) is 0 Å². The van der Waals surface area contributed by atoms with Gasteiger partial charge in [0.2, 0.25) is 5.89 Å². The number of esters is 1. The van der Waals surface area contributed by atoms with E-state index < -0.39 is 5.97 Å². The average Bonchev–Trinajstić information content (AvgIpc) is 3.35. The van der Waals surface area contributed by atoms with Gasteiger partial charge in [0.05, 0.1) is 11.4 Å². The molecule has 0 aliphatic heterocycles. The van der Waals surface area contributed by atoms with Crippen LogP contribution in [0.5, 0.6) is 0 Å². The summed E-state index contributed by atoms with van der Waals surface area (Å²) in [6.45, 7) is 5.61. The van der Waals surface area contributed by atoms with Gasteiger partial charge in [-0.1, -0.05) is 29.0 Å². The fourth-order valence-corrected chi connectivity index (χ4v) is 3.54. The summed E-state index contributed by atoms with van der Waals surface area (Å²) >= 11 is 1.64. The second-order valence-corrected chi connectivity index (χ2v) is 7.98. The molecule has 8 heteroatoms. The topological polar surface area (TPSA) is 83.0 Å². The number of aryl methyl sites for hydroxylation is 2. The van der Waals surface area contributed by atoms with Crippen LogP contribution in [0.1, 0.15) is 33.2 Å². The zero-order valence-electron chi connectivity index (χ0n) is 17.7. The number of oxazole rings is 1. The van der Waals surface area contributed by atoms with Crippen molar-refractivity contribution in [2.75, 3.05) is 6.26 Å². The third-order valence-corrected chi connectivity index (χ3v) is 5.64. The summed E-state index contributed by atoms with van der Waals surface area (Å²) < 4.78 is 12.8. The number of carbonyl (C=O) groups excluding carboxylic acids is 1. The SMILES string of the molecule is CSc1cccc(-n2nnc(C(=O)OCc3nc(-c4ccc(C)cc4)oc3C)c2C)c1. The molecule has 31 heavy (non-hydrogen) atoms. The third-order valence-electron chi connectivity index (χ3n) is 4.92. The molecule has 0 N–H and O–H groups in total. The highest BCUT2D eigenvalue weighted by atomic mass is 32.2. The first-order chi connectivity index (χ1) is 15.0. The lowest BCUT2D eigenvalue weighted by Crippen LogP contribution is -2.09. The van der Waals surface area contributed by atoms with Crippen molar-refractivity contribution in [1.82, 2.24) is 20.0 Å². The van der Waals surface area contributed by atoms with Crippen LogP contribution in [0.15, 0.2) is 57.8 Å². The first kappa shape index (κ1) is 20.9. The van der Waals surface area contributed by atoms with Crippen LogP contribution >= 0.6 is 11.8 Å². The van der Waals surface area contributed by atoms with E-state index in [2.05, 4.69) is 15.3 Å². The van der Waals surface area contributed by atoms with E-state index in [9.17, 15) is 4.79 Å². The number of thioether (sulfide) groups is 1. The molecule has 0 spiro atoms. The maximum atomic E-state index is 12.6. The van der Waals surface area contributed by atoms with Crippen LogP contribution in [0.2, 0.25) is 0 Å². The van der Waals surface area contributed by atoms with Gasteiger partial charge in [-0.05, 0) is 57.4 Å². The molecule has 0 atom stereocenters. The summed E-state index contributed by atoms with van der Waals surface area (Å²) in [5.74, 6) is 0.557. The Kier molecular flexibility index (Phi) is 5.90. The molecule has 0 amide bonds. The second kappa shape index (κ2) is 8.77. The third kappa shape index (κ3) is 4.39. The summed E-state index contributed by atoms with van der Waals surface area (Å²) in [6.07, 6.45) is 2.01.